The molecule has 5 aromatic rings. The first kappa shape index (κ1) is 27.9. The highest BCUT2D eigenvalue weighted by Gasteiger charge is 2.34. The SMILES string of the molecule is COc1cccc(-c2cc(-c3nn(-c4nc(C(=O)O)cs4)c(C4CC4)c3Cc3ccc(S(N)=O)cc3F)ccc2F)c1. The number of aromatic carboxylic acids is 1. The van der Waals surface area contributed by atoms with Crippen LogP contribution in [0.2, 0.25) is 0 Å². The number of ether oxygens (including phenoxy) is 1. The molecule has 1 fully saturated rings. The zero-order valence-electron chi connectivity index (χ0n) is 22.2. The van der Waals surface area contributed by atoms with Crippen molar-refractivity contribution >= 4 is 28.3 Å². The number of halogens is 2. The molecule has 2 heterocycles. The maximum atomic E-state index is 15.3. The van der Waals surface area contributed by atoms with Crippen LogP contribution in [-0.2, 0) is 17.4 Å². The van der Waals surface area contributed by atoms with Crippen LogP contribution in [0.15, 0.2) is 70.9 Å². The summed E-state index contributed by atoms with van der Waals surface area (Å²) in [4.78, 5) is 16.0. The topological polar surface area (TPSA) is 120 Å². The van der Waals surface area contributed by atoms with Gasteiger partial charge < -0.3 is 9.84 Å². The summed E-state index contributed by atoms with van der Waals surface area (Å²) in [6.07, 6.45) is 1.89. The molecule has 6 rings (SSSR count). The van der Waals surface area contributed by atoms with E-state index >= 15 is 8.78 Å². The molecule has 2 aromatic heterocycles. The largest absolute Gasteiger partial charge is 0.497 e. The third-order valence-electron chi connectivity index (χ3n) is 7.12. The highest BCUT2D eigenvalue weighted by atomic mass is 32.2. The van der Waals surface area contributed by atoms with Gasteiger partial charge in [-0.05, 0) is 66.4 Å². The number of hydrogen-bond donors (Lipinski definition) is 2. The smallest absolute Gasteiger partial charge is 0.355 e. The Morgan fingerprint density at radius 1 is 1.12 bits per heavy atom. The Kier molecular flexibility index (Phi) is 7.43. The van der Waals surface area contributed by atoms with Crippen molar-refractivity contribution in [3.05, 3.63) is 100 Å². The van der Waals surface area contributed by atoms with E-state index in [2.05, 4.69) is 4.98 Å². The van der Waals surface area contributed by atoms with Crippen LogP contribution in [0.1, 0.15) is 46.1 Å². The lowest BCUT2D eigenvalue weighted by Crippen LogP contribution is -2.06. The quantitative estimate of drug-likeness (QED) is 0.209. The van der Waals surface area contributed by atoms with Crippen LogP contribution in [0.25, 0.3) is 27.5 Å². The van der Waals surface area contributed by atoms with Crippen LogP contribution in [0, 0.1) is 11.6 Å². The second kappa shape index (κ2) is 11.2. The lowest BCUT2D eigenvalue weighted by Gasteiger charge is -2.11. The fraction of sp³-hybridized carbons (Fsp3) is 0.167. The Bertz CT molecular complexity index is 1870. The Morgan fingerprint density at radius 2 is 1.93 bits per heavy atom. The van der Waals surface area contributed by atoms with Crippen LogP contribution in [-0.4, -0.2) is 37.2 Å². The molecule has 0 amide bonds. The predicted octanol–water partition coefficient (Wildman–Crippen LogP) is 6.10. The molecule has 1 atom stereocenters. The summed E-state index contributed by atoms with van der Waals surface area (Å²) in [7, 11) is -0.297. The molecule has 0 spiro atoms. The number of nitrogens with zero attached hydrogens (tertiary/aromatic N) is 3. The van der Waals surface area contributed by atoms with E-state index in [-0.39, 0.29) is 22.9 Å². The van der Waals surface area contributed by atoms with Crippen LogP contribution in [0.3, 0.4) is 0 Å². The third-order valence-corrected chi connectivity index (χ3v) is 8.66. The molecule has 42 heavy (non-hydrogen) atoms. The monoisotopic (exact) mass is 606 g/mol. The summed E-state index contributed by atoms with van der Waals surface area (Å²) >= 11 is 1.14. The van der Waals surface area contributed by atoms with Crippen molar-refractivity contribution in [1.29, 1.82) is 0 Å². The number of aromatic nitrogens is 3. The molecule has 12 heteroatoms. The second-order valence-electron chi connectivity index (χ2n) is 9.87. The number of hydrogen-bond acceptors (Lipinski definition) is 6. The fourth-order valence-electron chi connectivity index (χ4n) is 4.92. The number of carboxylic acid groups (broad SMARTS) is 1. The van der Waals surface area contributed by atoms with E-state index in [1.54, 1.807) is 47.1 Å². The van der Waals surface area contributed by atoms with Gasteiger partial charge in [-0.15, -0.1) is 11.3 Å². The van der Waals surface area contributed by atoms with Crippen LogP contribution >= 0.6 is 11.3 Å². The number of carboxylic acids is 1. The van der Waals surface area contributed by atoms with E-state index in [4.69, 9.17) is 15.0 Å². The van der Waals surface area contributed by atoms with Crippen molar-refractivity contribution in [2.75, 3.05) is 7.11 Å². The minimum atomic E-state index is -1.83. The zero-order chi connectivity index (χ0) is 29.5. The Labute approximate surface area is 246 Å². The number of carbonyl (C=O) groups is 1. The van der Waals surface area contributed by atoms with Crippen molar-refractivity contribution in [1.82, 2.24) is 14.8 Å². The maximum absolute atomic E-state index is 15.3. The Balaban J connectivity index is 1.55. The first-order valence-electron chi connectivity index (χ1n) is 12.9. The van der Waals surface area contributed by atoms with Crippen LogP contribution in [0.5, 0.6) is 5.75 Å². The Hall–Kier alpha value is -4.26. The van der Waals surface area contributed by atoms with Gasteiger partial charge in [0.05, 0.1) is 23.4 Å². The molecule has 3 N–H and O–H groups in total. The van der Waals surface area contributed by atoms with Crippen molar-refractivity contribution < 1.29 is 27.6 Å². The first-order valence-corrected chi connectivity index (χ1v) is 15.0. The van der Waals surface area contributed by atoms with Crippen molar-refractivity contribution in [3.63, 3.8) is 0 Å². The molecule has 1 aliphatic carbocycles. The third kappa shape index (κ3) is 5.36. The van der Waals surface area contributed by atoms with Gasteiger partial charge in [-0.25, -0.2) is 32.6 Å². The zero-order valence-corrected chi connectivity index (χ0v) is 23.8. The van der Waals surface area contributed by atoms with Crippen molar-refractivity contribution in [2.45, 2.75) is 30.1 Å². The molecule has 3 aromatic carbocycles. The van der Waals surface area contributed by atoms with Gasteiger partial charge in [0, 0.05) is 34.4 Å². The van der Waals surface area contributed by atoms with Crippen molar-refractivity contribution in [2.24, 2.45) is 5.14 Å². The molecule has 1 saturated carbocycles. The van der Waals surface area contributed by atoms with Crippen LogP contribution in [0.4, 0.5) is 8.78 Å². The average Bonchev–Trinajstić information content (AvgIpc) is 3.56. The van der Waals surface area contributed by atoms with E-state index in [0.29, 0.717) is 44.4 Å². The van der Waals surface area contributed by atoms with E-state index in [1.165, 1.54) is 24.6 Å². The highest BCUT2D eigenvalue weighted by Crippen LogP contribution is 2.46. The molecule has 0 radical (unpaired) electrons. The number of nitrogens with two attached hydrogens (primary N) is 1. The normalized spacial score (nSPS) is 13.7. The Morgan fingerprint density at radius 3 is 2.60 bits per heavy atom. The number of methoxy groups -OCH3 is 1. The summed E-state index contributed by atoms with van der Waals surface area (Å²) in [5, 5.41) is 21.6. The summed E-state index contributed by atoms with van der Waals surface area (Å²) in [6.45, 7) is 0. The standard InChI is InChI=1S/C30H24F2N4O4S2/c1-40-20-4-2-3-17(11-20)22-13-19(8-10-24(22)31)27-23(12-18-7-9-21(42(33)39)14-25(18)32)28(16-5-6-16)36(35-27)30-34-26(15-41-30)29(37)38/h2-4,7-11,13-16H,5-6,12,33H2,1H3,(H,37,38). The van der Waals surface area contributed by atoms with Crippen LogP contribution < -0.4 is 9.88 Å². The molecule has 0 saturated heterocycles. The number of thiazole rings is 1. The molecule has 1 unspecified atom stereocenters. The molecular formula is C30H24F2N4O4S2. The van der Waals surface area contributed by atoms with E-state index in [9.17, 15) is 14.1 Å². The van der Waals surface area contributed by atoms with Gasteiger partial charge in [0.25, 0.3) is 0 Å². The number of rotatable bonds is 9. The molecule has 0 aliphatic heterocycles. The summed E-state index contributed by atoms with van der Waals surface area (Å²) in [5.74, 6) is -1.47. The molecule has 8 nitrogen and oxygen atoms in total. The van der Waals surface area contributed by atoms with Gasteiger partial charge in [-0.1, -0.05) is 18.2 Å². The first-order chi connectivity index (χ1) is 20.2. The molecular weight excluding hydrogens is 582 g/mol. The van der Waals surface area contributed by atoms with E-state index < -0.39 is 28.6 Å². The summed E-state index contributed by atoms with van der Waals surface area (Å²) in [6, 6.07) is 16.0. The lowest BCUT2D eigenvalue weighted by molar-refractivity contribution is 0.0691. The second-order valence-corrected chi connectivity index (χ2v) is 11.8. The van der Waals surface area contributed by atoms with E-state index in [1.807, 2.05) is 0 Å². The van der Waals surface area contributed by atoms with Gasteiger partial charge in [0.2, 0.25) is 5.13 Å². The summed E-state index contributed by atoms with van der Waals surface area (Å²) in [5.41, 5.74) is 3.80. The summed E-state index contributed by atoms with van der Waals surface area (Å²) < 4.78 is 49.1. The molecule has 0 bridgehead atoms. The predicted molar refractivity (Wildman–Crippen MR) is 155 cm³/mol. The lowest BCUT2D eigenvalue weighted by atomic mass is 9.95. The fourth-order valence-corrected chi connectivity index (χ4v) is 6.11. The average molecular weight is 607 g/mol. The minimum absolute atomic E-state index is 0.103. The van der Waals surface area contributed by atoms with Gasteiger partial charge in [0.1, 0.15) is 28.4 Å². The van der Waals surface area contributed by atoms with Crippen molar-refractivity contribution in [3.8, 4) is 33.3 Å². The van der Waals surface area contributed by atoms with Gasteiger partial charge in [0.15, 0.2) is 5.69 Å². The molecule has 1 aliphatic rings. The maximum Gasteiger partial charge on any atom is 0.355 e. The highest BCUT2D eigenvalue weighted by molar-refractivity contribution is 7.82. The van der Waals surface area contributed by atoms with Gasteiger partial charge in [-0.2, -0.15) is 5.10 Å². The molecule has 214 valence electrons. The number of benzene rings is 3. The minimum Gasteiger partial charge on any atom is -0.497 e. The van der Waals surface area contributed by atoms with Gasteiger partial charge in [-0.3, -0.25) is 0 Å². The van der Waals surface area contributed by atoms with E-state index in [0.717, 1.165) is 35.9 Å². The van der Waals surface area contributed by atoms with Gasteiger partial charge >= 0.3 is 5.97 Å².